The highest BCUT2D eigenvalue weighted by atomic mass is 16.5. The van der Waals surface area contributed by atoms with Gasteiger partial charge < -0.3 is 10.5 Å². The predicted molar refractivity (Wildman–Crippen MR) is 73.4 cm³/mol. The lowest BCUT2D eigenvalue weighted by atomic mass is 9.85. The molecule has 0 aliphatic heterocycles. The highest BCUT2D eigenvalue weighted by molar-refractivity contribution is 5.24. The van der Waals surface area contributed by atoms with Crippen molar-refractivity contribution in [2.24, 2.45) is 17.6 Å². The normalized spacial score (nSPS) is 23.1. The van der Waals surface area contributed by atoms with E-state index in [9.17, 15) is 0 Å². The average Bonchev–Trinajstić information content (AvgIpc) is 2.38. The van der Waals surface area contributed by atoms with Crippen LogP contribution in [-0.2, 0) is 6.54 Å². The zero-order valence-corrected chi connectivity index (χ0v) is 11.2. The van der Waals surface area contributed by atoms with E-state index in [1.165, 1.54) is 0 Å². The van der Waals surface area contributed by atoms with Gasteiger partial charge in [0.25, 0.3) is 0 Å². The van der Waals surface area contributed by atoms with Crippen molar-refractivity contribution < 1.29 is 4.74 Å². The summed E-state index contributed by atoms with van der Waals surface area (Å²) in [6.07, 6.45) is 6.79. The van der Waals surface area contributed by atoms with Gasteiger partial charge in [-0.05, 0) is 37.2 Å². The number of allylic oxidation sites excluding steroid dienone is 2. The van der Waals surface area contributed by atoms with E-state index in [1.54, 1.807) is 0 Å². The van der Waals surface area contributed by atoms with Crippen LogP contribution in [0.2, 0.25) is 0 Å². The molecule has 98 valence electrons. The number of nitrogens with two attached hydrogens (primary N) is 1. The first-order valence-corrected chi connectivity index (χ1v) is 6.65. The molecule has 0 fully saturated rings. The fraction of sp³-hybridized carbons (Fsp3) is 0.533. The van der Waals surface area contributed by atoms with E-state index in [0.717, 1.165) is 30.7 Å². The number of ether oxygens (including phenoxy) is 1. The quantitative estimate of drug-likeness (QED) is 0.831. The second kappa shape index (κ2) is 6.01. The first-order valence-electron chi connectivity index (χ1n) is 6.65. The van der Waals surface area contributed by atoms with Crippen molar-refractivity contribution in [1.29, 1.82) is 0 Å². The van der Waals surface area contributed by atoms with E-state index >= 15 is 0 Å². The fourth-order valence-electron chi connectivity index (χ4n) is 2.29. The third-order valence-electron chi connectivity index (χ3n) is 3.75. The maximum atomic E-state index is 5.81. The Morgan fingerprint density at radius 2 is 2.11 bits per heavy atom. The van der Waals surface area contributed by atoms with Crippen molar-refractivity contribution in [3.63, 3.8) is 0 Å². The van der Waals surface area contributed by atoms with Crippen LogP contribution in [0.5, 0.6) is 5.88 Å². The molecular weight excluding hydrogens is 224 g/mol. The lowest BCUT2D eigenvalue weighted by molar-refractivity contribution is 0.192. The molecule has 2 atom stereocenters. The van der Waals surface area contributed by atoms with Crippen LogP contribution < -0.4 is 10.5 Å². The molecule has 18 heavy (non-hydrogen) atoms. The number of hydrogen-bond donors (Lipinski definition) is 1. The molecule has 0 spiro atoms. The summed E-state index contributed by atoms with van der Waals surface area (Å²) in [6.45, 7) is 5.54. The summed E-state index contributed by atoms with van der Waals surface area (Å²) in [5.41, 5.74) is 7.67. The van der Waals surface area contributed by atoms with Crippen molar-refractivity contribution in [2.45, 2.75) is 33.2 Å². The zero-order valence-electron chi connectivity index (χ0n) is 11.2. The van der Waals surface area contributed by atoms with Crippen molar-refractivity contribution in [2.75, 3.05) is 6.61 Å². The predicted octanol–water partition coefficient (Wildman–Crippen LogP) is 2.83. The Bertz CT molecular complexity index is 429. The molecular formula is C15H22N2O. The summed E-state index contributed by atoms with van der Waals surface area (Å²) in [5, 5.41) is 0. The highest BCUT2D eigenvalue weighted by Gasteiger charge is 2.19. The molecule has 0 bridgehead atoms. The third-order valence-corrected chi connectivity index (χ3v) is 3.75. The molecule has 1 aliphatic carbocycles. The second-order valence-corrected chi connectivity index (χ2v) is 5.09. The molecule has 0 amide bonds. The number of rotatable bonds is 4. The van der Waals surface area contributed by atoms with E-state index in [-0.39, 0.29) is 0 Å². The zero-order chi connectivity index (χ0) is 13.0. The summed E-state index contributed by atoms with van der Waals surface area (Å²) >= 11 is 0. The molecule has 1 heterocycles. The van der Waals surface area contributed by atoms with E-state index in [1.807, 2.05) is 19.1 Å². The van der Waals surface area contributed by atoms with Gasteiger partial charge in [-0.15, -0.1) is 0 Å². The van der Waals surface area contributed by atoms with Crippen LogP contribution in [0.4, 0.5) is 0 Å². The molecule has 1 aromatic rings. The molecule has 0 aromatic carbocycles. The summed E-state index contributed by atoms with van der Waals surface area (Å²) in [5.74, 6) is 2.01. The molecule has 0 radical (unpaired) electrons. The van der Waals surface area contributed by atoms with Crippen LogP contribution in [0, 0.1) is 18.8 Å². The molecule has 2 N–H and O–H groups in total. The molecule has 1 aliphatic rings. The number of hydrogen-bond acceptors (Lipinski definition) is 3. The van der Waals surface area contributed by atoms with Gasteiger partial charge in [-0.25, -0.2) is 4.98 Å². The SMILES string of the molecule is Cc1nc(OCC2CC=CCC2C)ccc1CN. The largest absolute Gasteiger partial charge is 0.477 e. The maximum Gasteiger partial charge on any atom is 0.213 e. The van der Waals surface area contributed by atoms with Crippen molar-refractivity contribution in [3.8, 4) is 5.88 Å². The van der Waals surface area contributed by atoms with Gasteiger partial charge in [0.2, 0.25) is 5.88 Å². The fourth-order valence-corrected chi connectivity index (χ4v) is 2.29. The minimum Gasteiger partial charge on any atom is -0.477 e. The van der Waals surface area contributed by atoms with Crippen LogP contribution in [0.15, 0.2) is 24.3 Å². The van der Waals surface area contributed by atoms with Crippen molar-refractivity contribution in [3.05, 3.63) is 35.5 Å². The Kier molecular flexibility index (Phi) is 4.37. The van der Waals surface area contributed by atoms with Crippen LogP contribution in [0.1, 0.15) is 31.0 Å². The standard InChI is InChI=1S/C15H22N2O/c1-11-5-3-4-6-14(11)10-18-15-8-7-13(9-16)12(2)17-15/h3-4,7-8,11,14H,5-6,9-10,16H2,1-2H3. The summed E-state index contributed by atoms with van der Waals surface area (Å²) in [7, 11) is 0. The van der Waals surface area contributed by atoms with E-state index in [4.69, 9.17) is 10.5 Å². The number of aromatic nitrogens is 1. The minimum absolute atomic E-state index is 0.531. The van der Waals surface area contributed by atoms with E-state index in [0.29, 0.717) is 24.3 Å². The number of nitrogens with zero attached hydrogens (tertiary/aromatic N) is 1. The lowest BCUT2D eigenvalue weighted by Gasteiger charge is -2.24. The Labute approximate surface area is 109 Å². The number of pyridine rings is 1. The van der Waals surface area contributed by atoms with E-state index in [2.05, 4.69) is 24.1 Å². The summed E-state index contributed by atoms with van der Waals surface area (Å²) in [6, 6.07) is 3.92. The van der Waals surface area contributed by atoms with E-state index < -0.39 is 0 Å². The van der Waals surface area contributed by atoms with Gasteiger partial charge in [0.05, 0.1) is 6.61 Å². The Hall–Kier alpha value is -1.35. The third kappa shape index (κ3) is 3.10. The van der Waals surface area contributed by atoms with Gasteiger partial charge in [-0.1, -0.05) is 25.1 Å². The van der Waals surface area contributed by atoms with Gasteiger partial charge in [-0.2, -0.15) is 0 Å². The number of aryl methyl sites for hydroxylation is 1. The molecule has 0 saturated carbocycles. The van der Waals surface area contributed by atoms with Crippen LogP contribution >= 0.6 is 0 Å². The summed E-state index contributed by atoms with van der Waals surface area (Å²) in [4.78, 5) is 4.43. The van der Waals surface area contributed by atoms with Gasteiger partial charge in [-0.3, -0.25) is 0 Å². The smallest absolute Gasteiger partial charge is 0.213 e. The minimum atomic E-state index is 0.531. The van der Waals surface area contributed by atoms with Crippen LogP contribution in [0.3, 0.4) is 0 Å². The molecule has 3 heteroatoms. The first-order chi connectivity index (χ1) is 8.70. The van der Waals surface area contributed by atoms with Crippen LogP contribution in [-0.4, -0.2) is 11.6 Å². The Morgan fingerprint density at radius 1 is 1.33 bits per heavy atom. The molecule has 0 saturated heterocycles. The highest BCUT2D eigenvalue weighted by Crippen LogP contribution is 2.25. The summed E-state index contributed by atoms with van der Waals surface area (Å²) < 4.78 is 5.81. The monoisotopic (exact) mass is 246 g/mol. The van der Waals surface area contributed by atoms with Gasteiger partial charge in [0.15, 0.2) is 0 Å². The maximum absolute atomic E-state index is 5.81. The molecule has 1 aromatic heterocycles. The Morgan fingerprint density at radius 3 is 2.78 bits per heavy atom. The second-order valence-electron chi connectivity index (χ2n) is 5.09. The molecule has 2 rings (SSSR count). The lowest BCUT2D eigenvalue weighted by Crippen LogP contribution is -2.21. The van der Waals surface area contributed by atoms with Gasteiger partial charge in [0.1, 0.15) is 0 Å². The molecule has 2 unspecified atom stereocenters. The van der Waals surface area contributed by atoms with Crippen molar-refractivity contribution >= 4 is 0 Å². The van der Waals surface area contributed by atoms with Gasteiger partial charge in [0, 0.05) is 18.3 Å². The molecule has 3 nitrogen and oxygen atoms in total. The average molecular weight is 246 g/mol. The topological polar surface area (TPSA) is 48.1 Å². The van der Waals surface area contributed by atoms with Gasteiger partial charge >= 0.3 is 0 Å². The first kappa shape index (κ1) is 13.1. The van der Waals surface area contributed by atoms with Crippen LogP contribution in [0.25, 0.3) is 0 Å². The van der Waals surface area contributed by atoms with Crippen molar-refractivity contribution in [1.82, 2.24) is 4.98 Å². The Balaban J connectivity index is 1.93.